The zero-order valence-corrected chi connectivity index (χ0v) is 8.38. The Labute approximate surface area is 85.0 Å². The van der Waals surface area contributed by atoms with Crippen LogP contribution in [0.25, 0.3) is 0 Å². The lowest BCUT2D eigenvalue weighted by molar-refractivity contribution is -0.118. The molecule has 1 aromatic rings. The first-order valence-electron chi connectivity index (χ1n) is 4.42. The van der Waals surface area contributed by atoms with Crippen LogP contribution in [0.2, 0.25) is 0 Å². The van der Waals surface area contributed by atoms with Crippen LogP contribution in [0.4, 0.5) is 5.13 Å². The van der Waals surface area contributed by atoms with Crippen LogP contribution in [0, 0.1) is 0 Å². The van der Waals surface area contributed by atoms with E-state index >= 15 is 0 Å². The quantitative estimate of drug-likeness (QED) is 0.745. The van der Waals surface area contributed by atoms with Gasteiger partial charge in [0.2, 0.25) is 11.0 Å². The lowest BCUT2D eigenvalue weighted by atomic mass is 9.75. The number of rotatable bonds is 3. The molecular weight excluding hydrogens is 202 g/mol. The molecular formula is C7H11N5OS. The van der Waals surface area contributed by atoms with E-state index in [1.807, 2.05) is 0 Å². The minimum atomic E-state index is -0.289. The van der Waals surface area contributed by atoms with E-state index < -0.39 is 0 Å². The number of carbonyl (C=O) groups is 1. The van der Waals surface area contributed by atoms with Gasteiger partial charge in [0.15, 0.2) is 0 Å². The van der Waals surface area contributed by atoms with Crippen molar-refractivity contribution < 1.29 is 4.79 Å². The molecule has 14 heavy (non-hydrogen) atoms. The fourth-order valence-corrected chi connectivity index (χ4v) is 1.86. The first-order chi connectivity index (χ1) is 6.68. The van der Waals surface area contributed by atoms with Crippen LogP contribution in [0.1, 0.15) is 25.7 Å². The second-order valence-electron chi connectivity index (χ2n) is 3.61. The Balaban J connectivity index is 1.84. The third kappa shape index (κ3) is 2.05. The predicted molar refractivity (Wildman–Crippen MR) is 51.7 cm³/mol. The van der Waals surface area contributed by atoms with Gasteiger partial charge in [0.25, 0.3) is 0 Å². The summed E-state index contributed by atoms with van der Waals surface area (Å²) in [5.74, 6) is -0.106. The summed E-state index contributed by atoms with van der Waals surface area (Å²) in [6.07, 6.45) is 3.32. The highest BCUT2D eigenvalue weighted by atomic mass is 32.1. The van der Waals surface area contributed by atoms with Crippen molar-refractivity contribution in [3.63, 3.8) is 0 Å². The largest absolute Gasteiger partial charge is 0.325 e. The summed E-state index contributed by atoms with van der Waals surface area (Å²) in [7, 11) is 0. The van der Waals surface area contributed by atoms with Crippen molar-refractivity contribution in [2.45, 2.75) is 31.2 Å². The minimum Gasteiger partial charge on any atom is -0.325 e. The van der Waals surface area contributed by atoms with Gasteiger partial charge in [0, 0.05) is 23.5 Å². The Morgan fingerprint density at radius 3 is 2.93 bits per heavy atom. The second kappa shape index (κ2) is 3.58. The number of amides is 1. The second-order valence-corrected chi connectivity index (χ2v) is 4.34. The smallest absolute Gasteiger partial charge is 0.231 e. The van der Waals surface area contributed by atoms with Crippen LogP contribution in [0.15, 0.2) is 0 Å². The molecule has 76 valence electrons. The average Bonchev–Trinajstić information content (AvgIpc) is 2.53. The van der Waals surface area contributed by atoms with Crippen molar-refractivity contribution in [3.8, 4) is 0 Å². The Morgan fingerprint density at radius 2 is 2.43 bits per heavy atom. The lowest BCUT2D eigenvalue weighted by Gasteiger charge is -2.37. The molecule has 0 aromatic carbocycles. The highest BCUT2D eigenvalue weighted by Gasteiger charge is 2.34. The van der Waals surface area contributed by atoms with Crippen LogP contribution < -0.4 is 11.1 Å². The molecule has 0 unspecified atom stereocenters. The summed E-state index contributed by atoms with van der Waals surface area (Å²) >= 11 is 1.06. The van der Waals surface area contributed by atoms with Crippen molar-refractivity contribution in [2.24, 2.45) is 5.73 Å². The van der Waals surface area contributed by atoms with E-state index in [4.69, 9.17) is 5.73 Å². The molecule has 1 saturated carbocycles. The number of nitrogens with two attached hydrogens (primary N) is 1. The van der Waals surface area contributed by atoms with Crippen LogP contribution in [-0.4, -0.2) is 26.2 Å². The molecule has 0 radical (unpaired) electrons. The minimum absolute atomic E-state index is 0.106. The maximum Gasteiger partial charge on any atom is 0.231 e. The van der Waals surface area contributed by atoms with E-state index in [9.17, 15) is 4.79 Å². The summed E-state index contributed by atoms with van der Waals surface area (Å²) in [6.45, 7) is 0. The van der Waals surface area contributed by atoms with Gasteiger partial charge < -0.3 is 5.73 Å². The molecule has 0 atom stereocenters. The number of anilines is 1. The highest BCUT2D eigenvalue weighted by Crippen LogP contribution is 2.32. The molecule has 2 rings (SSSR count). The lowest BCUT2D eigenvalue weighted by Crippen LogP contribution is -2.48. The normalized spacial score (nSPS) is 18.6. The number of hydrogen-bond donors (Lipinski definition) is 2. The first-order valence-corrected chi connectivity index (χ1v) is 5.19. The van der Waals surface area contributed by atoms with E-state index in [-0.39, 0.29) is 11.4 Å². The predicted octanol–water partition coefficient (Wildman–Crippen LogP) is 0.143. The molecule has 1 fully saturated rings. The molecule has 0 bridgehead atoms. The van der Waals surface area contributed by atoms with Gasteiger partial charge in [-0.1, -0.05) is 9.59 Å². The van der Waals surface area contributed by atoms with Crippen LogP contribution in [0.5, 0.6) is 0 Å². The third-order valence-corrected chi connectivity index (χ3v) is 2.92. The zero-order valence-electron chi connectivity index (χ0n) is 7.56. The maximum atomic E-state index is 11.4. The molecule has 6 nitrogen and oxygen atoms in total. The highest BCUT2D eigenvalue weighted by molar-refractivity contribution is 7.09. The molecule has 1 heterocycles. The molecule has 1 aromatic heterocycles. The van der Waals surface area contributed by atoms with Crippen LogP contribution >= 0.6 is 11.5 Å². The zero-order chi connectivity index (χ0) is 10.0. The summed E-state index contributed by atoms with van der Waals surface area (Å²) in [5, 5.41) is 10.0. The van der Waals surface area contributed by atoms with Gasteiger partial charge in [0.05, 0.1) is 0 Å². The average molecular weight is 213 g/mol. The summed E-state index contributed by atoms with van der Waals surface area (Å²) in [4.78, 5) is 11.4. The van der Waals surface area contributed by atoms with Gasteiger partial charge in [-0.3, -0.25) is 10.1 Å². The standard InChI is InChI=1S/C7H11N5OS/c8-7(2-1-3-7)4-5(13)9-6-10-11-12-14-6/h1-4,8H2,(H,9,10,12,13). The van der Waals surface area contributed by atoms with E-state index in [1.54, 1.807) is 0 Å². The van der Waals surface area contributed by atoms with Gasteiger partial charge in [-0.2, -0.15) is 0 Å². The van der Waals surface area contributed by atoms with Crippen molar-refractivity contribution in [2.75, 3.05) is 5.32 Å². The molecule has 1 aliphatic carbocycles. The molecule has 0 aliphatic heterocycles. The third-order valence-electron chi connectivity index (χ3n) is 2.41. The summed E-state index contributed by atoms with van der Waals surface area (Å²) in [6, 6.07) is 0. The topological polar surface area (TPSA) is 93.8 Å². The van der Waals surface area contributed by atoms with Gasteiger partial charge in [-0.15, -0.1) is 0 Å². The first kappa shape index (κ1) is 9.47. The molecule has 1 amide bonds. The number of nitrogens with zero attached hydrogens (tertiary/aromatic N) is 3. The molecule has 3 N–H and O–H groups in total. The molecule has 0 saturated heterocycles. The Kier molecular flexibility index (Phi) is 2.42. The fraction of sp³-hybridized carbons (Fsp3) is 0.714. The van der Waals surface area contributed by atoms with E-state index in [2.05, 4.69) is 20.1 Å². The van der Waals surface area contributed by atoms with Crippen LogP contribution in [-0.2, 0) is 4.79 Å². The summed E-state index contributed by atoms with van der Waals surface area (Å²) < 4.78 is 3.54. The van der Waals surface area contributed by atoms with Gasteiger partial charge in [-0.25, -0.2) is 0 Å². The van der Waals surface area contributed by atoms with Crippen molar-refractivity contribution >= 4 is 22.6 Å². The monoisotopic (exact) mass is 213 g/mol. The molecule has 1 aliphatic rings. The molecule has 0 spiro atoms. The van der Waals surface area contributed by atoms with E-state index in [0.29, 0.717) is 11.6 Å². The Bertz CT molecular complexity index is 321. The Hall–Kier alpha value is -1.08. The van der Waals surface area contributed by atoms with E-state index in [1.165, 1.54) is 0 Å². The van der Waals surface area contributed by atoms with E-state index in [0.717, 1.165) is 30.8 Å². The number of aromatic nitrogens is 3. The fourth-order valence-electron chi connectivity index (χ4n) is 1.47. The van der Waals surface area contributed by atoms with Crippen molar-refractivity contribution in [1.82, 2.24) is 14.8 Å². The maximum absolute atomic E-state index is 11.4. The van der Waals surface area contributed by atoms with Gasteiger partial charge in [0.1, 0.15) is 0 Å². The number of carbonyl (C=O) groups excluding carboxylic acids is 1. The van der Waals surface area contributed by atoms with Gasteiger partial charge in [-0.05, 0) is 24.5 Å². The number of hydrogen-bond acceptors (Lipinski definition) is 6. The van der Waals surface area contributed by atoms with Crippen molar-refractivity contribution in [1.29, 1.82) is 0 Å². The van der Waals surface area contributed by atoms with Crippen molar-refractivity contribution in [3.05, 3.63) is 0 Å². The summed E-state index contributed by atoms with van der Waals surface area (Å²) in [5.41, 5.74) is 5.63. The molecule has 7 heteroatoms. The van der Waals surface area contributed by atoms with Crippen LogP contribution in [0.3, 0.4) is 0 Å². The Morgan fingerprint density at radius 1 is 1.64 bits per heavy atom. The van der Waals surface area contributed by atoms with Gasteiger partial charge >= 0.3 is 0 Å². The number of nitrogens with one attached hydrogen (secondary N) is 1. The SMILES string of the molecule is NC1(CC(=O)Nc2nnns2)CCC1.